The number of rotatable bonds is 8. The number of hydrogen-bond acceptors (Lipinski definition) is 4. The largest absolute Gasteiger partial charge is 0.487 e. The minimum atomic E-state index is -0.237. The van der Waals surface area contributed by atoms with Gasteiger partial charge in [0, 0.05) is 12.2 Å². The first-order chi connectivity index (χ1) is 13.6. The van der Waals surface area contributed by atoms with Crippen molar-refractivity contribution in [1.82, 2.24) is 9.78 Å². The Hall–Kier alpha value is -2.54. The first-order valence-electron chi connectivity index (χ1n) is 8.64. The Labute approximate surface area is 173 Å². The molecule has 0 spiro atoms. The molecule has 0 saturated heterocycles. The third kappa shape index (κ3) is 5.25. The molecule has 3 rings (SSSR count). The number of ether oxygens (including phenoxy) is 2. The first-order valence-corrected chi connectivity index (χ1v) is 9.39. The summed E-state index contributed by atoms with van der Waals surface area (Å²) in [5, 5.41) is 7.74. The summed E-state index contributed by atoms with van der Waals surface area (Å²) >= 11 is 12.1. The van der Waals surface area contributed by atoms with Gasteiger partial charge in [0.2, 0.25) is 0 Å². The minimum Gasteiger partial charge on any atom is -0.487 e. The Morgan fingerprint density at radius 3 is 2.86 bits per heavy atom. The van der Waals surface area contributed by atoms with Crippen molar-refractivity contribution in [3.05, 3.63) is 76.0 Å². The molecule has 0 saturated carbocycles. The van der Waals surface area contributed by atoms with Gasteiger partial charge in [0.1, 0.15) is 24.1 Å². The summed E-state index contributed by atoms with van der Waals surface area (Å²) in [5.74, 6) is 0.254. The summed E-state index contributed by atoms with van der Waals surface area (Å²) < 4.78 is 12.6. The summed E-state index contributed by atoms with van der Waals surface area (Å²) in [5.41, 5.74) is 1.93. The molecule has 0 unspecified atom stereocenters. The van der Waals surface area contributed by atoms with Gasteiger partial charge in [-0.2, -0.15) is 5.10 Å². The number of aromatic nitrogens is 2. The summed E-state index contributed by atoms with van der Waals surface area (Å²) in [6.45, 7) is 3.10. The molecule has 0 aliphatic carbocycles. The number of nitrogens with one attached hydrogen (secondary N) is 1. The molecule has 2 aromatic carbocycles. The van der Waals surface area contributed by atoms with Crippen LogP contribution in [0.5, 0.6) is 5.75 Å². The average molecular weight is 420 g/mol. The predicted octanol–water partition coefficient (Wildman–Crippen LogP) is 5.02. The summed E-state index contributed by atoms with van der Waals surface area (Å²) in [4.78, 5) is 12.5. The van der Waals surface area contributed by atoms with Crippen LogP contribution in [0, 0.1) is 0 Å². The fraction of sp³-hybridized carbons (Fsp3) is 0.200. The van der Waals surface area contributed by atoms with Crippen LogP contribution in [0.3, 0.4) is 0 Å². The van der Waals surface area contributed by atoms with Gasteiger partial charge in [0.15, 0.2) is 0 Å². The van der Waals surface area contributed by atoms with Crippen LogP contribution in [-0.2, 0) is 18.1 Å². The van der Waals surface area contributed by atoms with Crippen LogP contribution in [0.4, 0.5) is 5.69 Å². The number of hydrogen-bond donors (Lipinski definition) is 1. The second-order valence-electron chi connectivity index (χ2n) is 5.89. The van der Waals surface area contributed by atoms with Gasteiger partial charge in [-0.25, -0.2) is 4.68 Å². The SMILES string of the molecule is CCOCn1cc(NC(=O)c2cccc(COc3cccc(Cl)c3Cl)c2)cn1. The highest BCUT2D eigenvalue weighted by atomic mass is 35.5. The van der Waals surface area contributed by atoms with E-state index in [-0.39, 0.29) is 12.5 Å². The molecule has 1 aromatic heterocycles. The maximum Gasteiger partial charge on any atom is 0.255 e. The molecule has 1 heterocycles. The van der Waals surface area contributed by atoms with E-state index < -0.39 is 0 Å². The normalized spacial score (nSPS) is 10.7. The van der Waals surface area contributed by atoms with Crippen molar-refractivity contribution in [2.24, 2.45) is 0 Å². The third-order valence-corrected chi connectivity index (χ3v) is 4.62. The summed E-state index contributed by atoms with van der Waals surface area (Å²) in [6, 6.07) is 12.4. The smallest absolute Gasteiger partial charge is 0.255 e. The maximum absolute atomic E-state index is 12.5. The van der Waals surface area contributed by atoms with Crippen LogP contribution in [0.25, 0.3) is 0 Å². The minimum absolute atomic E-state index is 0.237. The highest BCUT2D eigenvalue weighted by Crippen LogP contribution is 2.31. The van der Waals surface area contributed by atoms with Crippen molar-refractivity contribution in [2.45, 2.75) is 20.3 Å². The van der Waals surface area contributed by atoms with Gasteiger partial charge in [-0.15, -0.1) is 0 Å². The van der Waals surface area contributed by atoms with E-state index in [1.165, 1.54) is 0 Å². The quantitative estimate of drug-likeness (QED) is 0.556. The number of carbonyl (C=O) groups excluding carboxylic acids is 1. The van der Waals surface area contributed by atoms with E-state index in [2.05, 4.69) is 10.4 Å². The molecule has 0 bridgehead atoms. The predicted molar refractivity (Wildman–Crippen MR) is 109 cm³/mol. The van der Waals surface area contributed by atoms with E-state index in [9.17, 15) is 4.79 Å². The molecule has 0 fully saturated rings. The Kier molecular flexibility index (Phi) is 6.92. The Morgan fingerprint density at radius 2 is 2.04 bits per heavy atom. The van der Waals surface area contributed by atoms with Crippen LogP contribution in [0.1, 0.15) is 22.8 Å². The number of amides is 1. The molecule has 0 radical (unpaired) electrons. The van der Waals surface area contributed by atoms with Crippen molar-refractivity contribution in [3.8, 4) is 5.75 Å². The molecule has 1 N–H and O–H groups in total. The standard InChI is InChI=1S/C20H19Cl2N3O3/c1-2-27-13-25-11-16(10-23-25)24-20(26)15-6-3-5-14(9-15)12-28-18-8-4-7-17(21)19(18)22/h3-11H,2,12-13H2,1H3,(H,24,26). The monoisotopic (exact) mass is 419 g/mol. The molecule has 0 atom stereocenters. The number of anilines is 1. The second-order valence-corrected chi connectivity index (χ2v) is 6.67. The van der Waals surface area contributed by atoms with E-state index >= 15 is 0 Å². The van der Waals surface area contributed by atoms with E-state index in [4.69, 9.17) is 32.7 Å². The third-order valence-electron chi connectivity index (χ3n) is 3.82. The highest BCUT2D eigenvalue weighted by Gasteiger charge is 2.10. The second kappa shape index (κ2) is 9.59. The van der Waals surface area contributed by atoms with E-state index in [1.807, 2.05) is 13.0 Å². The average Bonchev–Trinajstić information content (AvgIpc) is 3.15. The van der Waals surface area contributed by atoms with Crippen LogP contribution in [0.2, 0.25) is 10.0 Å². The lowest BCUT2D eigenvalue weighted by Gasteiger charge is -2.10. The summed E-state index contributed by atoms with van der Waals surface area (Å²) in [7, 11) is 0. The molecule has 8 heteroatoms. The van der Waals surface area contributed by atoms with Gasteiger partial charge in [0.25, 0.3) is 5.91 Å². The fourth-order valence-electron chi connectivity index (χ4n) is 2.45. The number of nitrogens with zero attached hydrogens (tertiary/aromatic N) is 2. The van der Waals surface area contributed by atoms with Crippen molar-refractivity contribution in [2.75, 3.05) is 11.9 Å². The van der Waals surface area contributed by atoms with Gasteiger partial charge in [0.05, 0.1) is 23.1 Å². The van der Waals surface area contributed by atoms with Crippen molar-refractivity contribution in [1.29, 1.82) is 0 Å². The topological polar surface area (TPSA) is 65.4 Å². The summed E-state index contributed by atoms with van der Waals surface area (Å²) in [6.07, 6.45) is 3.28. The molecule has 1 amide bonds. The van der Waals surface area contributed by atoms with Crippen LogP contribution in [0.15, 0.2) is 54.9 Å². The molecule has 146 valence electrons. The molecule has 6 nitrogen and oxygen atoms in total. The lowest BCUT2D eigenvalue weighted by Crippen LogP contribution is -2.12. The Morgan fingerprint density at radius 1 is 1.21 bits per heavy atom. The van der Waals surface area contributed by atoms with E-state index in [0.29, 0.717) is 40.4 Å². The highest BCUT2D eigenvalue weighted by molar-refractivity contribution is 6.42. The molecular formula is C20H19Cl2N3O3. The van der Waals surface area contributed by atoms with Crippen LogP contribution >= 0.6 is 23.2 Å². The van der Waals surface area contributed by atoms with Crippen molar-refractivity contribution < 1.29 is 14.3 Å². The Balaban J connectivity index is 1.63. The van der Waals surface area contributed by atoms with Crippen molar-refractivity contribution >= 4 is 34.8 Å². The zero-order valence-corrected chi connectivity index (χ0v) is 16.7. The van der Waals surface area contributed by atoms with Gasteiger partial charge in [-0.1, -0.05) is 41.4 Å². The van der Waals surface area contributed by atoms with E-state index in [1.54, 1.807) is 53.5 Å². The lowest BCUT2D eigenvalue weighted by molar-refractivity contribution is 0.0792. The maximum atomic E-state index is 12.5. The molecule has 3 aromatic rings. The van der Waals surface area contributed by atoms with Crippen LogP contribution in [-0.4, -0.2) is 22.3 Å². The first kappa shape index (κ1) is 20.2. The van der Waals surface area contributed by atoms with E-state index in [0.717, 1.165) is 5.56 Å². The van der Waals surface area contributed by atoms with Gasteiger partial charge < -0.3 is 14.8 Å². The molecule has 0 aliphatic rings. The fourth-order valence-corrected chi connectivity index (χ4v) is 2.79. The van der Waals surface area contributed by atoms with Crippen LogP contribution < -0.4 is 10.1 Å². The van der Waals surface area contributed by atoms with Gasteiger partial charge in [-0.05, 0) is 36.8 Å². The van der Waals surface area contributed by atoms with Gasteiger partial charge in [-0.3, -0.25) is 4.79 Å². The number of halogens is 2. The van der Waals surface area contributed by atoms with Crippen molar-refractivity contribution in [3.63, 3.8) is 0 Å². The lowest BCUT2D eigenvalue weighted by atomic mass is 10.1. The zero-order valence-electron chi connectivity index (χ0n) is 15.2. The number of benzene rings is 2. The molecular weight excluding hydrogens is 401 g/mol. The Bertz CT molecular complexity index is 959. The molecule has 0 aliphatic heterocycles. The number of carbonyl (C=O) groups is 1. The zero-order chi connectivity index (χ0) is 19.9. The molecule has 28 heavy (non-hydrogen) atoms. The van der Waals surface area contributed by atoms with Gasteiger partial charge >= 0.3 is 0 Å².